The van der Waals surface area contributed by atoms with Gasteiger partial charge in [-0.15, -0.1) is 11.6 Å². The summed E-state index contributed by atoms with van der Waals surface area (Å²) in [4.78, 5) is 13.4. The SMILES string of the molecule is N#CCc1c(C(F)F)c[nH]c(=O)c1CCl. The van der Waals surface area contributed by atoms with Crippen LogP contribution in [0.25, 0.3) is 0 Å². The topological polar surface area (TPSA) is 56.6 Å². The molecule has 1 rings (SSSR count). The minimum atomic E-state index is -2.73. The Balaban J connectivity index is 3.43. The fourth-order valence-electron chi connectivity index (χ4n) is 1.25. The highest BCUT2D eigenvalue weighted by Crippen LogP contribution is 2.24. The normalized spacial score (nSPS) is 10.3. The molecule has 0 atom stereocenters. The van der Waals surface area contributed by atoms with Crippen LogP contribution in [0.1, 0.15) is 23.1 Å². The van der Waals surface area contributed by atoms with Gasteiger partial charge in [0, 0.05) is 17.3 Å². The predicted octanol–water partition coefficient (Wildman–Crippen LogP) is 2.12. The zero-order chi connectivity index (χ0) is 11.4. The molecule has 0 aliphatic carbocycles. The number of pyridine rings is 1. The van der Waals surface area contributed by atoms with Gasteiger partial charge in [-0.3, -0.25) is 4.79 Å². The van der Waals surface area contributed by atoms with E-state index in [0.717, 1.165) is 6.20 Å². The van der Waals surface area contributed by atoms with Crippen LogP contribution < -0.4 is 5.56 Å². The van der Waals surface area contributed by atoms with E-state index in [4.69, 9.17) is 16.9 Å². The zero-order valence-electron chi connectivity index (χ0n) is 7.56. The highest BCUT2D eigenvalue weighted by atomic mass is 35.5. The van der Waals surface area contributed by atoms with Gasteiger partial charge < -0.3 is 4.98 Å². The third-order valence-corrected chi connectivity index (χ3v) is 2.24. The predicted molar refractivity (Wildman–Crippen MR) is 50.9 cm³/mol. The summed E-state index contributed by atoms with van der Waals surface area (Å²) in [6.45, 7) is 0. The molecule has 0 aliphatic heterocycles. The largest absolute Gasteiger partial charge is 0.328 e. The fourth-order valence-corrected chi connectivity index (χ4v) is 1.54. The van der Waals surface area contributed by atoms with Crippen molar-refractivity contribution in [1.29, 1.82) is 5.26 Å². The van der Waals surface area contributed by atoms with E-state index in [1.54, 1.807) is 6.07 Å². The zero-order valence-corrected chi connectivity index (χ0v) is 8.31. The van der Waals surface area contributed by atoms with Crippen LogP contribution in [0.4, 0.5) is 8.78 Å². The van der Waals surface area contributed by atoms with Crippen molar-refractivity contribution in [2.24, 2.45) is 0 Å². The molecule has 80 valence electrons. The molecule has 15 heavy (non-hydrogen) atoms. The maximum Gasteiger partial charge on any atom is 0.265 e. The van der Waals surface area contributed by atoms with E-state index in [1.165, 1.54) is 0 Å². The maximum atomic E-state index is 12.5. The minimum absolute atomic E-state index is 0.0336. The van der Waals surface area contributed by atoms with Crippen LogP contribution in [0, 0.1) is 11.3 Å². The minimum Gasteiger partial charge on any atom is -0.328 e. The number of hydrogen-bond donors (Lipinski definition) is 1. The molecule has 6 heteroatoms. The molecule has 1 heterocycles. The Bertz CT molecular complexity index is 450. The van der Waals surface area contributed by atoms with Gasteiger partial charge >= 0.3 is 0 Å². The third-order valence-electron chi connectivity index (χ3n) is 1.97. The molecule has 0 fully saturated rings. The van der Waals surface area contributed by atoms with Crippen LogP contribution in [-0.4, -0.2) is 4.98 Å². The van der Waals surface area contributed by atoms with E-state index in [0.29, 0.717) is 0 Å². The number of H-pyrrole nitrogens is 1. The number of nitrogens with zero attached hydrogens (tertiary/aromatic N) is 1. The van der Waals surface area contributed by atoms with Gasteiger partial charge in [-0.25, -0.2) is 8.78 Å². The summed E-state index contributed by atoms with van der Waals surface area (Å²) in [5, 5.41) is 8.49. The van der Waals surface area contributed by atoms with Crippen molar-refractivity contribution >= 4 is 11.6 Å². The van der Waals surface area contributed by atoms with Crippen molar-refractivity contribution in [3.8, 4) is 6.07 Å². The highest BCUT2D eigenvalue weighted by molar-refractivity contribution is 6.17. The van der Waals surface area contributed by atoms with E-state index in [1.807, 2.05) is 0 Å². The molecule has 0 unspecified atom stereocenters. The first-order valence-corrected chi connectivity index (χ1v) is 4.59. The molecule has 0 bridgehead atoms. The molecule has 0 saturated heterocycles. The standard InChI is InChI=1S/C9H7ClF2N2O/c10-3-6-5(1-2-13)7(8(11)12)4-14-9(6)15/h4,8H,1,3H2,(H,14,15). The second kappa shape index (κ2) is 4.89. The molecule has 0 aliphatic rings. The van der Waals surface area contributed by atoms with Crippen LogP contribution in [0.15, 0.2) is 11.0 Å². The van der Waals surface area contributed by atoms with Gasteiger partial charge in [-0.05, 0) is 5.56 Å². The van der Waals surface area contributed by atoms with E-state index < -0.39 is 12.0 Å². The van der Waals surface area contributed by atoms with Crippen molar-refractivity contribution < 1.29 is 8.78 Å². The number of aromatic amines is 1. The van der Waals surface area contributed by atoms with E-state index in [9.17, 15) is 13.6 Å². The number of rotatable bonds is 3. The first-order valence-electron chi connectivity index (χ1n) is 4.06. The van der Waals surface area contributed by atoms with E-state index in [2.05, 4.69) is 4.98 Å². The van der Waals surface area contributed by atoms with Crippen LogP contribution in [-0.2, 0) is 12.3 Å². The van der Waals surface area contributed by atoms with Gasteiger partial charge in [0.1, 0.15) is 0 Å². The molecule has 0 amide bonds. The Hall–Kier alpha value is -1.41. The first kappa shape index (κ1) is 11.7. The van der Waals surface area contributed by atoms with Crippen molar-refractivity contribution in [3.63, 3.8) is 0 Å². The Morgan fingerprint density at radius 3 is 2.67 bits per heavy atom. The lowest BCUT2D eigenvalue weighted by Crippen LogP contribution is -2.16. The molecule has 0 aromatic carbocycles. The van der Waals surface area contributed by atoms with Crippen molar-refractivity contribution in [3.05, 3.63) is 33.2 Å². The van der Waals surface area contributed by atoms with Crippen molar-refractivity contribution in [2.75, 3.05) is 0 Å². The lowest BCUT2D eigenvalue weighted by atomic mass is 10.0. The van der Waals surface area contributed by atoms with Gasteiger partial charge in [0.05, 0.1) is 18.4 Å². The third kappa shape index (κ3) is 2.34. The molecule has 3 nitrogen and oxygen atoms in total. The lowest BCUT2D eigenvalue weighted by Gasteiger charge is -2.08. The Morgan fingerprint density at radius 2 is 2.20 bits per heavy atom. The van der Waals surface area contributed by atoms with Gasteiger partial charge in [-0.2, -0.15) is 5.26 Å². The van der Waals surface area contributed by atoms with Gasteiger partial charge in [0.15, 0.2) is 0 Å². The molecule has 0 spiro atoms. The van der Waals surface area contributed by atoms with E-state index in [-0.39, 0.29) is 29.0 Å². The highest BCUT2D eigenvalue weighted by Gasteiger charge is 2.17. The average Bonchev–Trinajstić information content (AvgIpc) is 2.18. The summed E-state index contributed by atoms with van der Waals surface area (Å²) in [5.41, 5.74) is -0.797. The Morgan fingerprint density at radius 1 is 1.53 bits per heavy atom. The van der Waals surface area contributed by atoms with Crippen molar-refractivity contribution in [1.82, 2.24) is 4.98 Å². The van der Waals surface area contributed by atoms with Crippen LogP contribution in [0.3, 0.4) is 0 Å². The van der Waals surface area contributed by atoms with Gasteiger partial charge in [-0.1, -0.05) is 0 Å². The maximum absolute atomic E-state index is 12.5. The summed E-state index contributed by atoms with van der Waals surface area (Å²) < 4.78 is 25.0. The summed E-state index contributed by atoms with van der Waals surface area (Å²) in [6.07, 6.45) is -2.05. The molecular weight excluding hydrogens is 226 g/mol. The summed E-state index contributed by atoms with van der Waals surface area (Å²) in [7, 11) is 0. The average molecular weight is 233 g/mol. The van der Waals surface area contributed by atoms with Crippen LogP contribution in [0.5, 0.6) is 0 Å². The molecule has 1 aromatic heterocycles. The lowest BCUT2D eigenvalue weighted by molar-refractivity contribution is 0.150. The number of halogens is 3. The number of hydrogen-bond acceptors (Lipinski definition) is 2. The molecule has 1 aromatic rings. The number of aromatic nitrogens is 1. The Kier molecular flexibility index (Phi) is 3.81. The Labute approximate surface area is 89.3 Å². The molecule has 1 N–H and O–H groups in total. The van der Waals surface area contributed by atoms with Crippen molar-refractivity contribution in [2.45, 2.75) is 18.7 Å². The second-order valence-corrected chi connectivity index (χ2v) is 3.07. The quantitative estimate of drug-likeness (QED) is 0.812. The monoisotopic (exact) mass is 232 g/mol. The van der Waals surface area contributed by atoms with Gasteiger partial charge in [0.2, 0.25) is 0 Å². The second-order valence-electron chi connectivity index (χ2n) is 2.80. The molecule has 0 saturated carbocycles. The summed E-state index contributed by atoms with van der Waals surface area (Å²) in [6, 6.07) is 1.74. The van der Waals surface area contributed by atoms with Gasteiger partial charge in [0.25, 0.3) is 12.0 Å². The summed E-state index contributed by atoms with van der Waals surface area (Å²) >= 11 is 5.48. The number of alkyl halides is 3. The first-order chi connectivity index (χ1) is 7.11. The number of nitrogens with one attached hydrogen (secondary N) is 1. The molecular formula is C9H7ClF2N2O. The van der Waals surface area contributed by atoms with E-state index >= 15 is 0 Å². The smallest absolute Gasteiger partial charge is 0.265 e. The molecule has 0 radical (unpaired) electrons. The van der Waals surface area contributed by atoms with Crippen LogP contribution >= 0.6 is 11.6 Å². The summed E-state index contributed by atoms with van der Waals surface area (Å²) in [5.74, 6) is -0.188. The fraction of sp³-hybridized carbons (Fsp3) is 0.333. The number of nitriles is 1. The van der Waals surface area contributed by atoms with Crippen LogP contribution in [0.2, 0.25) is 0 Å².